The Bertz CT molecular complexity index is 1320. The third kappa shape index (κ3) is 4.05. The van der Waals surface area contributed by atoms with E-state index >= 15 is 0 Å². The van der Waals surface area contributed by atoms with Gasteiger partial charge in [-0.15, -0.1) is 10.2 Å². The molecule has 160 valence electrons. The van der Waals surface area contributed by atoms with E-state index in [1.54, 1.807) is 22.4 Å². The number of para-hydroxylation sites is 1. The molecule has 0 spiro atoms. The van der Waals surface area contributed by atoms with Gasteiger partial charge in [0.15, 0.2) is 5.16 Å². The van der Waals surface area contributed by atoms with Gasteiger partial charge in [-0.05, 0) is 36.2 Å². The van der Waals surface area contributed by atoms with E-state index in [1.165, 1.54) is 28.5 Å². The van der Waals surface area contributed by atoms with Crippen LogP contribution in [0.15, 0.2) is 58.5 Å². The van der Waals surface area contributed by atoms with Crippen LogP contribution in [-0.4, -0.2) is 37.9 Å². The molecule has 2 heterocycles. The average molecular weight is 440 g/mol. The molecule has 0 atom stereocenters. The number of aromatic nitrogens is 4. The summed E-state index contributed by atoms with van der Waals surface area (Å²) < 4.78 is 17.1. The van der Waals surface area contributed by atoms with Crippen molar-refractivity contribution in [2.45, 2.75) is 25.5 Å². The Hall–Kier alpha value is -3.20. The number of benzene rings is 2. The number of halogens is 1. The van der Waals surface area contributed by atoms with Crippen LogP contribution in [0.3, 0.4) is 0 Å². The van der Waals surface area contributed by atoms with Gasteiger partial charge >= 0.3 is 0 Å². The smallest absolute Gasteiger partial charge is 0.262 e. The lowest BCUT2D eigenvalue weighted by molar-refractivity contribution is -0.115. The fourth-order valence-corrected chi connectivity index (χ4v) is 4.25. The van der Waals surface area contributed by atoms with Crippen LogP contribution in [0.5, 0.6) is 0 Å². The van der Waals surface area contributed by atoms with Crippen LogP contribution in [-0.2, 0) is 11.3 Å². The minimum Gasteiger partial charge on any atom is -0.315 e. The molecule has 0 aliphatic rings. The minimum atomic E-state index is -0.484. The van der Waals surface area contributed by atoms with Gasteiger partial charge < -0.3 is 4.90 Å². The molecule has 0 fully saturated rings. The van der Waals surface area contributed by atoms with E-state index in [-0.39, 0.29) is 28.5 Å². The van der Waals surface area contributed by atoms with Gasteiger partial charge in [-0.1, -0.05) is 43.8 Å². The topological polar surface area (TPSA) is 72.5 Å². The first kappa shape index (κ1) is 21.0. The molecule has 0 saturated heterocycles. The Balaban J connectivity index is 1.74. The van der Waals surface area contributed by atoms with Crippen molar-refractivity contribution >= 4 is 40.0 Å². The fraction of sp³-hybridized carbons (Fsp3) is 0.273. The number of carbonyl (C=O) groups excluding carboxylic acids is 1. The highest BCUT2D eigenvalue weighted by molar-refractivity contribution is 7.99. The molecule has 0 unspecified atom stereocenters. The summed E-state index contributed by atoms with van der Waals surface area (Å²) in [5, 5.41) is 9.18. The van der Waals surface area contributed by atoms with Gasteiger partial charge in [-0.25, -0.2) is 4.39 Å². The summed E-state index contributed by atoms with van der Waals surface area (Å²) >= 11 is 1.23. The van der Waals surface area contributed by atoms with Crippen molar-refractivity contribution in [2.75, 3.05) is 17.7 Å². The predicted octanol–water partition coefficient (Wildman–Crippen LogP) is 3.59. The summed E-state index contributed by atoms with van der Waals surface area (Å²) in [6.45, 7) is 4.40. The molecule has 1 amide bonds. The van der Waals surface area contributed by atoms with Gasteiger partial charge in [0, 0.05) is 19.3 Å². The molecule has 9 heteroatoms. The highest BCUT2D eigenvalue weighted by Crippen LogP contribution is 2.23. The maximum Gasteiger partial charge on any atom is 0.262 e. The zero-order valence-corrected chi connectivity index (χ0v) is 18.3. The molecule has 0 aliphatic heterocycles. The standard InChI is InChI=1S/C22H22FN5O2S/c1-14(2)12-27-20(30)17-11-15(23)9-10-18(17)28-21(27)24-25-22(28)31-13-19(29)26(3)16-7-5-4-6-8-16/h4-11,14H,12-13H2,1-3H3. The Morgan fingerprint density at radius 2 is 1.90 bits per heavy atom. The summed E-state index contributed by atoms with van der Waals surface area (Å²) in [4.78, 5) is 27.3. The molecule has 0 bridgehead atoms. The molecular formula is C22H22FN5O2S. The van der Waals surface area contributed by atoms with Crippen LogP contribution in [0.2, 0.25) is 0 Å². The highest BCUT2D eigenvalue weighted by Gasteiger charge is 2.19. The van der Waals surface area contributed by atoms with Crippen LogP contribution >= 0.6 is 11.8 Å². The van der Waals surface area contributed by atoms with E-state index in [2.05, 4.69) is 10.2 Å². The zero-order chi connectivity index (χ0) is 22.1. The second-order valence-electron chi connectivity index (χ2n) is 7.67. The zero-order valence-electron chi connectivity index (χ0n) is 17.4. The molecule has 31 heavy (non-hydrogen) atoms. The number of carbonyl (C=O) groups is 1. The van der Waals surface area contributed by atoms with E-state index in [0.29, 0.717) is 23.0 Å². The van der Waals surface area contributed by atoms with E-state index in [9.17, 15) is 14.0 Å². The lowest BCUT2D eigenvalue weighted by atomic mass is 10.2. The number of hydrogen-bond acceptors (Lipinski definition) is 5. The van der Waals surface area contributed by atoms with E-state index in [0.717, 1.165) is 5.69 Å². The van der Waals surface area contributed by atoms with Gasteiger partial charge in [0.05, 0.1) is 16.7 Å². The second kappa shape index (κ2) is 8.50. The molecule has 0 N–H and O–H groups in total. The molecule has 0 aliphatic carbocycles. The van der Waals surface area contributed by atoms with E-state index in [4.69, 9.17) is 0 Å². The quantitative estimate of drug-likeness (QED) is 0.429. The monoisotopic (exact) mass is 439 g/mol. The van der Waals surface area contributed by atoms with Crippen molar-refractivity contribution in [3.8, 4) is 0 Å². The molecule has 0 radical (unpaired) electrons. The van der Waals surface area contributed by atoms with Gasteiger partial charge in [0.1, 0.15) is 5.82 Å². The maximum absolute atomic E-state index is 13.9. The maximum atomic E-state index is 13.9. The van der Waals surface area contributed by atoms with Gasteiger partial charge in [0.2, 0.25) is 11.7 Å². The third-order valence-corrected chi connectivity index (χ3v) is 5.84. The van der Waals surface area contributed by atoms with Crippen LogP contribution in [0, 0.1) is 11.7 Å². The van der Waals surface area contributed by atoms with Gasteiger partial charge in [0.25, 0.3) is 5.56 Å². The summed E-state index contributed by atoms with van der Waals surface area (Å²) in [6, 6.07) is 13.4. The fourth-order valence-electron chi connectivity index (χ4n) is 3.40. The largest absolute Gasteiger partial charge is 0.315 e. The SMILES string of the molecule is CC(C)Cn1c(=O)c2cc(F)ccc2n2c(SCC(=O)N(C)c3ccccc3)nnc12. The first-order chi connectivity index (χ1) is 14.9. The summed E-state index contributed by atoms with van der Waals surface area (Å²) in [6.07, 6.45) is 0. The van der Waals surface area contributed by atoms with E-state index < -0.39 is 5.82 Å². The number of nitrogens with zero attached hydrogens (tertiary/aromatic N) is 5. The molecule has 0 saturated carbocycles. The number of amides is 1. The van der Waals surface area contributed by atoms with E-state index in [1.807, 2.05) is 44.2 Å². The van der Waals surface area contributed by atoms with Crippen LogP contribution in [0.4, 0.5) is 10.1 Å². The van der Waals surface area contributed by atoms with Crippen molar-refractivity contribution < 1.29 is 9.18 Å². The number of fused-ring (bicyclic) bond motifs is 3. The first-order valence-corrected chi connectivity index (χ1v) is 10.9. The minimum absolute atomic E-state index is 0.0983. The predicted molar refractivity (Wildman–Crippen MR) is 120 cm³/mol. The number of rotatable bonds is 6. The summed E-state index contributed by atoms with van der Waals surface area (Å²) in [7, 11) is 1.72. The molecular weight excluding hydrogens is 417 g/mol. The Morgan fingerprint density at radius 1 is 1.16 bits per heavy atom. The third-order valence-electron chi connectivity index (χ3n) is 4.92. The molecule has 2 aromatic carbocycles. The average Bonchev–Trinajstić information content (AvgIpc) is 3.18. The lowest BCUT2D eigenvalue weighted by Crippen LogP contribution is -2.28. The van der Waals surface area contributed by atoms with Crippen molar-refractivity contribution in [1.29, 1.82) is 0 Å². The molecule has 7 nitrogen and oxygen atoms in total. The summed E-state index contributed by atoms with van der Waals surface area (Å²) in [5.74, 6) is 0.115. The normalized spacial score (nSPS) is 11.5. The van der Waals surface area contributed by atoms with Crippen molar-refractivity contribution in [1.82, 2.24) is 19.2 Å². The van der Waals surface area contributed by atoms with Gasteiger partial charge in [-0.2, -0.15) is 0 Å². The van der Waals surface area contributed by atoms with Crippen LogP contribution < -0.4 is 10.5 Å². The molecule has 4 rings (SSSR count). The second-order valence-corrected chi connectivity index (χ2v) is 8.61. The van der Waals surface area contributed by atoms with Gasteiger partial charge in [-0.3, -0.25) is 18.6 Å². The van der Waals surface area contributed by atoms with Crippen molar-refractivity contribution in [3.63, 3.8) is 0 Å². The summed E-state index contributed by atoms with van der Waals surface area (Å²) in [5.41, 5.74) is 1.00. The molecule has 2 aromatic heterocycles. The molecule has 4 aromatic rings. The number of anilines is 1. The number of thioether (sulfide) groups is 1. The van der Waals surface area contributed by atoms with Crippen molar-refractivity contribution in [3.05, 3.63) is 64.7 Å². The van der Waals surface area contributed by atoms with Crippen LogP contribution in [0.25, 0.3) is 16.7 Å². The Kier molecular flexibility index (Phi) is 5.77. The Morgan fingerprint density at radius 3 is 2.61 bits per heavy atom. The lowest BCUT2D eigenvalue weighted by Gasteiger charge is -2.17. The van der Waals surface area contributed by atoms with Crippen molar-refractivity contribution in [2.24, 2.45) is 5.92 Å². The Labute approximate surface area is 182 Å². The number of hydrogen-bond donors (Lipinski definition) is 0. The first-order valence-electron chi connectivity index (χ1n) is 9.88. The highest BCUT2D eigenvalue weighted by atomic mass is 32.2. The van der Waals surface area contributed by atoms with Crippen LogP contribution in [0.1, 0.15) is 13.8 Å².